The lowest BCUT2D eigenvalue weighted by Gasteiger charge is -2.27. The number of fused-ring (bicyclic) bond motifs is 3. The number of hydrogen-bond donors (Lipinski definition) is 5. The van der Waals surface area contributed by atoms with E-state index in [4.69, 9.17) is 5.73 Å². The number of nitrogens with two attached hydrogens (primary N) is 1. The molecule has 2 aromatic heterocycles. The number of nitrogens with zero attached hydrogens (tertiary/aromatic N) is 5. The molecule has 5 heterocycles. The van der Waals surface area contributed by atoms with Crippen molar-refractivity contribution < 1.29 is 51.5 Å². The highest BCUT2D eigenvalue weighted by Gasteiger charge is 2.45. The van der Waals surface area contributed by atoms with Crippen LogP contribution in [0.2, 0.25) is 0 Å². The highest BCUT2D eigenvalue weighted by molar-refractivity contribution is 6.25. The van der Waals surface area contributed by atoms with Crippen LogP contribution in [0.25, 0.3) is 22.2 Å². The molecule has 18 nitrogen and oxygen atoms in total. The molecule has 3 aliphatic heterocycles. The Hall–Kier alpha value is -7.84. The van der Waals surface area contributed by atoms with E-state index in [2.05, 4.69) is 36.0 Å². The van der Waals surface area contributed by atoms with Gasteiger partial charge in [0, 0.05) is 62.2 Å². The van der Waals surface area contributed by atoms with Crippen molar-refractivity contribution in [2.45, 2.75) is 63.9 Å². The number of nitrogen functional groups attached to an aromatic ring is 1. The van der Waals surface area contributed by atoms with Gasteiger partial charge in [0.05, 0.1) is 29.5 Å². The maximum absolute atomic E-state index is 13.3. The zero-order chi connectivity index (χ0) is 46.7. The second-order valence-corrected chi connectivity index (χ2v) is 15.9. The molecule has 0 bridgehead atoms. The Morgan fingerprint density at radius 3 is 2.48 bits per heavy atom. The van der Waals surface area contributed by atoms with E-state index in [1.54, 1.807) is 23.1 Å². The Morgan fingerprint density at radius 2 is 1.68 bits per heavy atom. The van der Waals surface area contributed by atoms with Gasteiger partial charge in [-0.15, -0.1) is 13.2 Å². The number of benzene rings is 3. The van der Waals surface area contributed by atoms with Gasteiger partial charge in [-0.2, -0.15) is 0 Å². The van der Waals surface area contributed by atoms with Crippen molar-refractivity contribution >= 4 is 69.6 Å². The minimum Gasteiger partial charge on any atom is -0.406 e. The molecule has 3 aromatic carbocycles. The molecule has 0 aliphatic carbocycles. The van der Waals surface area contributed by atoms with E-state index in [0.717, 1.165) is 21.6 Å². The first kappa shape index (κ1) is 44.8. The molecule has 1 unspecified atom stereocenters. The van der Waals surface area contributed by atoms with E-state index < -0.39 is 47.7 Å². The zero-order valence-corrected chi connectivity index (χ0v) is 35.2. The summed E-state index contributed by atoms with van der Waals surface area (Å²) in [4.78, 5) is 100. The number of aryl methyl sites for hydroxylation is 1. The number of anilines is 3. The Bertz CT molecular complexity index is 2790. The molecule has 342 valence electrons. The summed E-state index contributed by atoms with van der Waals surface area (Å²) in [6, 6.07) is 14.5. The predicted molar refractivity (Wildman–Crippen MR) is 232 cm³/mol. The maximum Gasteiger partial charge on any atom is 0.573 e. The van der Waals surface area contributed by atoms with Crippen molar-refractivity contribution in [3.8, 4) is 16.9 Å². The number of hydrogen-bond acceptors (Lipinski definition) is 12. The van der Waals surface area contributed by atoms with E-state index in [0.29, 0.717) is 61.2 Å². The van der Waals surface area contributed by atoms with Crippen LogP contribution in [0.5, 0.6) is 5.75 Å². The summed E-state index contributed by atoms with van der Waals surface area (Å²) in [5, 5.41) is 11.3. The first-order valence-electron chi connectivity index (χ1n) is 21.1. The van der Waals surface area contributed by atoms with Gasteiger partial charge in [-0.3, -0.25) is 43.8 Å². The number of rotatable bonds is 16. The van der Waals surface area contributed by atoms with Crippen LogP contribution < -0.4 is 36.6 Å². The Morgan fingerprint density at radius 1 is 0.894 bits per heavy atom. The van der Waals surface area contributed by atoms with Crippen LogP contribution in [0.1, 0.15) is 63.9 Å². The number of piperidine rings is 1. The van der Waals surface area contributed by atoms with Gasteiger partial charge < -0.3 is 35.9 Å². The Kier molecular flexibility index (Phi) is 12.7. The largest absolute Gasteiger partial charge is 0.573 e. The first-order valence-corrected chi connectivity index (χ1v) is 21.1. The SMILES string of the molecule is Nc1ncnc2c1c(-c1ccc3c(c1)CCN3C(=O)Cc1cccc(OC(F)(F)F)c1)cn2CCCNC(=O)CCCNC(=O)CNc1cccc2c1C(=O)N(C1CCC(=O)NC1=O)C2=O. The monoisotopic (exact) mass is 908 g/mol. The van der Waals surface area contributed by atoms with E-state index in [1.807, 2.05) is 29.0 Å². The number of halogens is 3. The molecule has 3 aliphatic rings. The lowest BCUT2D eigenvalue weighted by atomic mass is 10.0. The number of carbonyl (C=O) groups is 7. The predicted octanol–water partition coefficient (Wildman–Crippen LogP) is 3.63. The molecular weight excluding hydrogens is 866 g/mol. The summed E-state index contributed by atoms with van der Waals surface area (Å²) < 4.78 is 44.1. The van der Waals surface area contributed by atoms with Crippen molar-refractivity contribution in [3.05, 3.63) is 95.4 Å². The average molecular weight is 909 g/mol. The van der Waals surface area contributed by atoms with Gasteiger partial charge in [0.25, 0.3) is 11.8 Å². The quantitative estimate of drug-likeness (QED) is 0.0705. The molecule has 6 N–H and O–H groups in total. The van der Waals surface area contributed by atoms with Gasteiger partial charge in [-0.1, -0.05) is 24.3 Å². The van der Waals surface area contributed by atoms with Gasteiger partial charge in [0.15, 0.2) is 0 Å². The van der Waals surface area contributed by atoms with Crippen LogP contribution >= 0.6 is 0 Å². The number of alkyl halides is 3. The van der Waals surface area contributed by atoms with E-state index in [9.17, 15) is 46.7 Å². The van der Waals surface area contributed by atoms with Gasteiger partial charge in [-0.05, 0) is 78.8 Å². The minimum atomic E-state index is -4.84. The molecule has 1 fully saturated rings. The second kappa shape index (κ2) is 18.7. The molecule has 0 radical (unpaired) electrons. The van der Waals surface area contributed by atoms with Gasteiger partial charge >= 0.3 is 6.36 Å². The van der Waals surface area contributed by atoms with Gasteiger partial charge in [0.2, 0.25) is 29.5 Å². The van der Waals surface area contributed by atoms with Crippen molar-refractivity contribution in [1.29, 1.82) is 0 Å². The topological polar surface area (TPSA) is 240 Å². The molecule has 66 heavy (non-hydrogen) atoms. The van der Waals surface area contributed by atoms with Crippen molar-refractivity contribution in [1.82, 2.24) is 35.4 Å². The third-order valence-corrected chi connectivity index (χ3v) is 11.5. The Balaban J connectivity index is 0.791. The van der Waals surface area contributed by atoms with Crippen LogP contribution in [0, 0.1) is 0 Å². The lowest BCUT2D eigenvalue weighted by Crippen LogP contribution is -2.54. The van der Waals surface area contributed by atoms with Crippen LogP contribution in [0.15, 0.2) is 73.2 Å². The number of amides is 7. The molecule has 0 saturated carbocycles. The smallest absolute Gasteiger partial charge is 0.406 e. The molecule has 1 saturated heterocycles. The van der Waals surface area contributed by atoms with Crippen molar-refractivity contribution in [2.24, 2.45) is 0 Å². The first-order chi connectivity index (χ1) is 31.6. The lowest BCUT2D eigenvalue weighted by molar-refractivity contribution is -0.274. The maximum atomic E-state index is 13.3. The third kappa shape index (κ3) is 9.64. The molecule has 0 spiro atoms. The number of carbonyl (C=O) groups excluding carboxylic acids is 7. The van der Waals surface area contributed by atoms with Crippen LogP contribution in [-0.4, -0.2) is 99.4 Å². The highest BCUT2D eigenvalue weighted by atomic mass is 19.4. The van der Waals surface area contributed by atoms with Crippen LogP contribution in [0.4, 0.5) is 30.4 Å². The van der Waals surface area contributed by atoms with Crippen LogP contribution in [0.3, 0.4) is 0 Å². The average Bonchev–Trinajstić information content (AvgIpc) is 3.95. The molecule has 21 heteroatoms. The summed E-state index contributed by atoms with van der Waals surface area (Å²) >= 11 is 0. The van der Waals surface area contributed by atoms with Crippen molar-refractivity contribution in [2.75, 3.05) is 42.1 Å². The number of aromatic nitrogens is 3. The summed E-state index contributed by atoms with van der Waals surface area (Å²) in [6.07, 6.45) is -0.0155. The summed E-state index contributed by atoms with van der Waals surface area (Å²) in [6.45, 7) is 1.23. The second-order valence-electron chi connectivity index (χ2n) is 15.9. The molecule has 8 rings (SSSR count). The molecule has 5 aromatic rings. The van der Waals surface area contributed by atoms with E-state index >= 15 is 0 Å². The van der Waals surface area contributed by atoms with Crippen LogP contribution in [-0.2, 0) is 43.4 Å². The van der Waals surface area contributed by atoms with Gasteiger partial charge in [-0.25, -0.2) is 9.97 Å². The number of nitrogens with one attached hydrogen (secondary N) is 4. The molecular formula is C45H43F3N10O8. The minimum absolute atomic E-state index is 0.00699. The summed E-state index contributed by atoms with van der Waals surface area (Å²) in [7, 11) is 0. The number of imide groups is 2. The van der Waals surface area contributed by atoms with Crippen molar-refractivity contribution in [3.63, 3.8) is 0 Å². The third-order valence-electron chi connectivity index (χ3n) is 11.5. The summed E-state index contributed by atoms with van der Waals surface area (Å²) in [5.74, 6) is -3.53. The summed E-state index contributed by atoms with van der Waals surface area (Å²) in [5.41, 5.74) is 11.0. The van der Waals surface area contributed by atoms with Gasteiger partial charge in [0.1, 0.15) is 29.6 Å². The highest BCUT2D eigenvalue weighted by Crippen LogP contribution is 2.38. The van der Waals surface area contributed by atoms with E-state index in [-0.39, 0.29) is 73.2 Å². The standard InChI is InChI=1S/C45H43F3N10O8/c46-45(47,48)66-28-6-1-5-25(19-28)20-37(62)57-18-14-27-21-26(10-11-32(27)57)30-23-56(41-39(30)40(49)53-24-54-41)17-4-16-50-34(59)9-3-15-51-36(61)22-52-31-8-2-7-29-38(31)44(65)58(43(29)64)33-12-13-35(60)55-42(33)63/h1-2,5-8,10-11,19,21,23-24,33,52H,3-4,9,12-18,20,22H2,(H,50,59)(H,51,61)(H2,49,53,54)(H,55,60,63). The zero-order valence-electron chi connectivity index (χ0n) is 35.2. The fourth-order valence-corrected chi connectivity index (χ4v) is 8.43. The fourth-order valence-electron chi connectivity index (χ4n) is 8.43. The Labute approximate surface area is 374 Å². The molecule has 1 atom stereocenters. The number of ether oxygens (including phenoxy) is 1. The molecule has 7 amide bonds. The van der Waals surface area contributed by atoms with E-state index in [1.165, 1.54) is 30.6 Å². The fraction of sp³-hybridized carbons (Fsp3) is 0.311. The normalized spacial score (nSPS) is 15.7.